The molecular formula is C17H26N2O3S. The Morgan fingerprint density at radius 2 is 1.96 bits per heavy atom. The van der Waals surface area contributed by atoms with E-state index in [-0.39, 0.29) is 24.4 Å². The summed E-state index contributed by atoms with van der Waals surface area (Å²) in [4.78, 5) is 14.0. The Balaban J connectivity index is 1.92. The summed E-state index contributed by atoms with van der Waals surface area (Å²) in [7, 11) is -1.46. The molecule has 1 aliphatic rings. The summed E-state index contributed by atoms with van der Waals surface area (Å²) in [5.41, 5.74) is 2.47. The third kappa shape index (κ3) is 3.86. The molecule has 2 amide bonds. The average molecular weight is 338 g/mol. The Hall–Kier alpha value is -1.56. The molecular weight excluding hydrogens is 312 g/mol. The van der Waals surface area contributed by atoms with E-state index in [1.165, 1.54) is 11.1 Å². The Bertz CT molecular complexity index is 677. The number of sulfone groups is 1. The van der Waals surface area contributed by atoms with Gasteiger partial charge in [0.25, 0.3) is 0 Å². The third-order valence-electron chi connectivity index (χ3n) is 4.47. The van der Waals surface area contributed by atoms with E-state index in [9.17, 15) is 13.2 Å². The van der Waals surface area contributed by atoms with Crippen molar-refractivity contribution in [3.05, 3.63) is 35.4 Å². The number of urea groups is 1. The molecule has 0 aliphatic heterocycles. The molecule has 2 rings (SSSR count). The number of benzene rings is 1. The van der Waals surface area contributed by atoms with Gasteiger partial charge in [0, 0.05) is 13.6 Å². The molecule has 0 spiro atoms. The van der Waals surface area contributed by atoms with Gasteiger partial charge in [0.05, 0.1) is 16.5 Å². The SMILES string of the molecule is CN(C(=O)NCCS(=O)(=O)C(C)(C)C)[C@H]1CCc2ccccc21. The summed E-state index contributed by atoms with van der Waals surface area (Å²) in [5.74, 6) is -0.0443. The number of fused-ring (bicyclic) bond motifs is 1. The largest absolute Gasteiger partial charge is 0.337 e. The fourth-order valence-electron chi connectivity index (χ4n) is 2.80. The van der Waals surface area contributed by atoms with Crippen LogP contribution < -0.4 is 5.32 Å². The van der Waals surface area contributed by atoms with E-state index in [4.69, 9.17) is 0 Å². The second-order valence-corrected chi connectivity index (χ2v) is 9.89. The topological polar surface area (TPSA) is 66.5 Å². The minimum Gasteiger partial charge on any atom is -0.337 e. The lowest BCUT2D eigenvalue weighted by molar-refractivity contribution is 0.191. The number of hydrogen-bond acceptors (Lipinski definition) is 3. The van der Waals surface area contributed by atoms with Crippen LogP contribution in [0.2, 0.25) is 0 Å². The highest BCUT2D eigenvalue weighted by Crippen LogP contribution is 2.34. The lowest BCUT2D eigenvalue weighted by atomic mass is 10.1. The molecule has 0 fully saturated rings. The maximum absolute atomic E-state index is 12.3. The third-order valence-corrected chi connectivity index (χ3v) is 7.08. The number of hydrogen-bond donors (Lipinski definition) is 1. The first-order chi connectivity index (χ1) is 10.6. The Kier molecular flexibility index (Phi) is 5.04. The fraction of sp³-hybridized carbons (Fsp3) is 0.588. The van der Waals surface area contributed by atoms with E-state index >= 15 is 0 Å². The van der Waals surface area contributed by atoms with Gasteiger partial charge in [0.2, 0.25) is 0 Å². The summed E-state index contributed by atoms with van der Waals surface area (Å²) in [5, 5.41) is 2.73. The molecule has 1 aromatic rings. The zero-order chi connectivity index (χ0) is 17.3. The van der Waals surface area contributed by atoms with Crippen molar-refractivity contribution in [2.45, 2.75) is 44.4 Å². The van der Waals surface area contributed by atoms with Crippen molar-refractivity contribution in [2.24, 2.45) is 0 Å². The Morgan fingerprint density at radius 1 is 1.30 bits per heavy atom. The predicted octanol–water partition coefficient (Wildman–Crippen LogP) is 2.53. The van der Waals surface area contributed by atoms with Gasteiger partial charge in [0.15, 0.2) is 9.84 Å². The summed E-state index contributed by atoms with van der Waals surface area (Å²) in [6, 6.07) is 7.98. The zero-order valence-corrected chi connectivity index (χ0v) is 15.1. The second-order valence-electron chi connectivity index (χ2n) is 7.03. The monoisotopic (exact) mass is 338 g/mol. The molecule has 0 saturated heterocycles. The van der Waals surface area contributed by atoms with Crippen molar-refractivity contribution >= 4 is 15.9 Å². The molecule has 128 valence electrons. The molecule has 23 heavy (non-hydrogen) atoms. The van der Waals surface area contributed by atoms with Crippen molar-refractivity contribution in [3.63, 3.8) is 0 Å². The average Bonchev–Trinajstić information content (AvgIpc) is 2.88. The molecule has 1 aromatic carbocycles. The second kappa shape index (κ2) is 6.51. The minimum absolute atomic E-state index is 0.0443. The molecule has 0 bridgehead atoms. The van der Waals surface area contributed by atoms with Crippen molar-refractivity contribution in [2.75, 3.05) is 19.3 Å². The van der Waals surface area contributed by atoms with Gasteiger partial charge in [-0.25, -0.2) is 13.2 Å². The summed E-state index contributed by atoms with van der Waals surface area (Å²) < 4.78 is 23.3. The Morgan fingerprint density at radius 3 is 2.61 bits per heavy atom. The van der Waals surface area contributed by atoms with E-state index in [0.717, 1.165) is 12.8 Å². The highest BCUT2D eigenvalue weighted by molar-refractivity contribution is 7.92. The quantitative estimate of drug-likeness (QED) is 0.917. The van der Waals surface area contributed by atoms with Crippen LogP contribution in [0.4, 0.5) is 4.79 Å². The maximum atomic E-state index is 12.3. The standard InChI is InChI=1S/C17H26N2O3S/c1-17(2,3)23(21,22)12-11-18-16(20)19(4)15-10-9-13-7-5-6-8-14(13)15/h5-8,15H,9-12H2,1-4H3,(H,18,20)/t15-/m0/s1. The van der Waals surface area contributed by atoms with Crippen molar-refractivity contribution in [3.8, 4) is 0 Å². The number of aryl methyl sites for hydroxylation is 1. The molecule has 5 nitrogen and oxygen atoms in total. The number of amides is 2. The van der Waals surface area contributed by atoms with E-state index < -0.39 is 14.6 Å². The van der Waals surface area contributed by atoms with Crippen LogP contribution in [-0.2, 0) is 16.3 Å². The van der Waals surface area contributed by atoms with Gasteiger partial charge in [0.1, 0.15) is 0 Å². The number of nitrogens with one attached hydrogen (secondary N) is 1. The van der Waals surface area contributed by atoms with Gasteiger partial charge in [-0.15, -0.1) is 0 Å². The fourth-order valence-corrected chi connectivity index (χ4v) is 3.78. The molecule has 0 unspecified atom stereocenters. The summed E-state index contributed by atoms with van der Waals surface area (Å²) in [6.07, 6.45) is 1.88. The normalized spacial score (nSPS) is 17.7. The highest BCUT2D eigenvalue weighted by atomic mass is 32.2. The van der Waals surface area contributed by atoms with Crippen LogP contribution in [0.25, 0.3) is 0 Å². The first kappa shape index (κ1) is 17.8. The van der Waals surface area contributed by atoms with Crippen LogP contribution in [-0.4, -0.2) is 43.4 Å². The van der Waals surface area contributed by atoms with Crippen LogP contribution in [0.15, 0.2) is 24.3 Å². The lowest BCUT2D eigenvalue weighted by Gasteiger charge is -2.26. The predicted molar refractivity (Wildman–Crippen MR) is 92.2 cm³/mol. The van der Waals surface area contributed by atoms with Crippen LogP contribution in [0.5, 0.6) is 0 Å². The minimum atomic E-state index is -3.22. The number of nitrogens with zero attached hydrogens (tertiary/aromatic N) is 1. The summed E-state index contributed by atoms with van der Waals surface area (Å²) in [6.45, 7) is 5.15. The number of carbonyl (C=O) groups excluding carboxylic acids is 1. The maximum Gasteiger partial charge on any atom is 0.317 e. The molecule has 6 heteroatoms. The lowest BCUT2D eigenvalue weighted by Crippen LogP contribution is -2.42. The van der Waals surface area contributed by atoms with Crippen LogP contribution in [0, 0.1) is 0 Å². The zero-order valence-electron chi connectivity index (χ0n) is 14.3. The molecule has 0 aromatic heterocycles. The van der Waals surface area contributed by atoms with Crippen molar-refractivity contribution in [1.29, 1.82) is 0 Å². The molecule has 1 atom stereocenters. The van der Waals surface area contributed by atoms with Crippen molar-refractivity contribution in [1.82, 2.24) is 10.2 Å². The van der Waals surface area contributed by atoms with Gasteiger partial charge in [-0.3, -0.25) is 0 Å². The highest BCUT2D eigenvalue weighted by Gasteiger charge is 2.30. The number of rotatable bonds is 4. The van der Waals surface area contributed by atoms with Gasteiger partial charge in [-0.1, -0.05) is 24.3 Å². The first-order valence-electron chi connectivity index (χ1n) is 7.94. The molecule has 0 radical (unpaired) electrons. The molecule has 0 saturated carbocycles. The smallest absolute Gasteiger partial charge is 0.317 e. The van der Waals surface area contributed by atoms with Crippen LogP contribution in [0.1, 0.15) is 44.4 Å². The number of carbonyl (C=O) groups is 1. The van der Waals surface area contributed by atoms with Gasteiger partial charge in [-0.05, 0) is 44.7 Å². The first-order valence-corrected chi connectivity index (χ1v) is 9.59. The van der Waals surface area contributed by atoms with E-state index in [0.29, 0.717) is 0 Å². The Labute approximate surface area is 139 Å². The molecule has 0 heterocycles. The van der Waals surface area contributed by atoms with Gasteiger partial charge >= 0.3 is 6.03 Å². The van der Waals surface area contributed by atoms with Crippen LogP contribution >= 0.6 is 0 Å². The molecule has 1 N–H and O–H groups in total. The van der Waals surface area contributed by atoms with E-state index in [2.05, 4.69) is 17.4 Å². The summed E-state index contributed by atoms with van der Waals surface area (Å²) >= 11 is 0. The van der Waals surface area contributed by atoms with E-state index in [1.54, 1.807) is 32.7 Å². The van der Waals surface area contributed by atoms with Crippen LogP contribution in [0.3, 0.4) is 0 Å². The van der Waals surface area contributed by atoms with Crippen molar-refractivity contribution < 1.29 is 13.2 Å². The van der Waals surface area contributed by atoms with E-state index in [1.807, 2.05) is 12.1 Å². The van der Waals surface area contributed by atoms with Gasteiger partial charge < -0.3 is 10.2 Å². The van der Waals surface area contributed by atoms with Gasteiger partial charge in [-0.2, -0.15) is 0 Å². The molecule has 1 aliphatic carbocycles.